The fraction of sp³-hybridized carbons (Fsp3) is 0. The molecule has 2 heteroatoms. The smallest absolute Gasteiger partial charge is 0.143 e. The highest BCUT2D eigenvalue weighted by atomic mass is 16.3. The summed E-state index contributed by atoms with van der Waals surface area (Å²) in [6, 6.07) is 58.9. The Morgan fingerprint density at radius 1 is 0.348 bits per heavy atom. The molecule has 0 aliphatic rings. The second kappa shape index (κ2) is 9.69. The van der Waals surface area contributed by atoms with Crippen LogP contribution in [0.1, 0.15) is 0 Å². The number of fused-ring (bicyclic) bond motifs is 12. The highest BCUT2D eigenvalue weighted by Crippen LogP contribution is 2.46. The zero-order valence-corrected chi connectivity index (χ0v) is 24.9. The maximum Gasteiger partial charge on any atom is 0.143 e. The lowest BCUT2D eigenvalue weighted by Gasteiger charge is -2.14. The second-order valence-corrected chi connectivity index (χ2v) is 12.1. The molecule has 214 valence electrons. The van der Waals surface area contributed by atoms with Gasteiger partial charge in [0.1, 0.15) is 11.2 Å². The molecule has 0 saturated carbocycles. The van der Waals surface area contributed by atoms with Crippen LogP contribution in [0.2, 0.25) is 0 Å². The van der Waals surface area contributed by atoms with Crippen molar-refractivity contribution in [3.05, 3.63) is 164 Å². The van der Waals surface area contributed by atoms with Gasteiger partial charge in [0.15, 0.2) is 0 Å². The number of benzene rings is 8. The van der Waals surface area contributed by atoms with Gasteiger partial charge in [-0.3, -0.25) is 0 Å². The van der Waals surface area contributed by atoms with Crippen LogP contribution < -0.4 is 0 Å². The van der Waals surface area contributed by atoms with E-state index in [1.54, 1.807) is 0 Å². The summed E-state index contributed by atoms with van der Waals surface area (Å²) in [5, 5.41) is 9.62. The van der Waals surface area contributed by atoms with Crippen molar-refractivity contribution in [2.75, 3.05) is 0 Å². The Labute approximate surface area is 265 Å². The largest absolute Gasteiger partial charge is 0.455 e. The fourth-order valence-corrected chi connectivity index (χ4v) is 7.56. The molecule has 8 aromatic carbocycles. The molecular weight excluding hydrogens is 558 g/mol. The minimum atomic E-state index is 0.912. The SMILES string of the molecule is c1ccc(-c2cc(-c3ccccc3)cc(-n3c4ccccc4c4c5c(ccc43)oc3c4ccccc4c4ccccc4c35)c2)cc1. The summed E-state index contributed by atoms with van der Waals surface area (Å²) in [5.41, 5.74) is 10.1. The van der Waals surface area contributed by atoms with Crippen molar-refractivity contribution >= 4 is 65.3 Å². The maximum atomic E-state index is 6.79. The van der Waals surface area contributed by atoms with E-state index in [4.69, 9.17) is 4.42 Å². The van der Waals surface area contributed by atoms with E-state index in [0.29, 0.717) is 0 Å². The fourth-order valence-electron chi connectivity index (χ4n) is 7.56. The van der Waals surface area contributed by atoms with Crippen molar-refractivity contribution < 1.29 is 4.42 Å². The molecule has 0 spiro atoms. The van der Waals surface area contributed by atoms with Crippen molar-refractivity contribution in [3.63, 3.8) is 0 Å². The van der Waals surface area contributed by atoms with Gasteiger partial charge in [0.05, 0.1) is 11.0 Å². The van der Waals surface area contributed by atoms with Crippen LogP contribution in [-0.2, 0) is 0 Å². The quantitative estimate of drug-likeness (QED) is 0.189. The molecule has 2 heterocycles. The normalized spacial score (nSPS) is 11.9. The number of hydrogen-bond acceptors (Lipinski definition) is 1. The number of rotatable bonds is 3. The van der Waals surface area contributed by atoms with E-state index in [0.717, 1.165) is 27.8 Å². The molecule has 0 aliphatic heterocycles. The minimum absolute atomic E-state index is 0.912. The van der Waals surface area contributed by atoms with Gasteiger partial charge in [-0.25, -0.2) is 0 Å². The molecule has 2 nitrogen and oxygen atoms in total. The van der Waals surface area contributed by atoms with Crippen molar-refractivity contribution in [1.29, 1.82) is 0 Å². The molecule has 0 radical (unpaired) electrons. The molecule has 46 heavy (non-hydrogen) atoms. The van der Waals surface area contributed by atoms with Crippen molar-refractivity contribution in [2.45, 2.75) is 0 Å². The Kier molecular flexibility index (Phi) is 5.31. The first-order valence-electron chi connectivity index (χ1n) is 15.8. The molecule has 0 saturated heterocycles. The Hall–Kier alpha value is -6.12. The van der Waals surface area contributed by atoms with Crippen LogP contribution >= 0.6 is 0 Å². The predicted molar refractivity (Wildman–Crippen MR) is 194 cm³/mol. The summed E-state index contributed by atoms with van der Waals surface area (Å²) in [6.07, 6.45) is 0. The van der Waals surface area contributed by atoms with Gasteiger partial charge in [-0.2, -0.15) is 0 Å². The molecule has 0 aliphatic carbocycles. The average Bonchev–Trinajstić information content (AvgIpc) is 3.69. The van der Waals surface area contributed by atoms with Crippen molar-refractivity contribution in [1.82, 2.24) is 4.57 Å². The van der Waals surface area contributed by atoms with E-state index < -0.39 is 0 Å². The summed E-state index contributed by atoms with van der Waals surface area (Å²) >= 11 is 0. The van der Waals surface area contributed by atoms with Gasteiger partial charge in [-0.15, -0.1) is 0 Å². The van der Waals surface area contributed by atoms with Crippen LogP contribution in [0.4, 0.5) is 0 Å². The van der Waals surface area contributed by atoms with E-state index in [1.165, 1.54) is 65.5 Å². The highest BCUT2D eigenvalue weighted by molar-refractivity contribution is 6.36. The van der Waals surface area contributed by atoms with E-state index >= 15 is 0 Å². The van der Waals surface area contributed by atoms with Crippen LogP contribution in [0.3, 0.4) is 0 Å². The standard InChI is InChI=1S/C44H27NO/c1-3-13-28(14-4-1)30-25-31(29-15-5-2-6-16-29)27-32(26-30)45-38-22-12-11-21-37(38)41-39(45)23-24-40-43(41)42-35-19-9-7-17-33(35)34-18-8-10-20-36(34)44(42)46-40/h1-27H. The van der Waals surface area contributed by atoms with Gasteiger partial charge >= 0.3 is 0 Å². The van der Waals surface area contributed by atoms with E-state index in [2.05, 4.69) is 168 Å². The van der Waals surface area contributed by atoms with Gasteiger partial charge in [0.25, 0.3) is 0 Å². The van der Waals surface area contributed by atoms with Gasteiger partial charge < -0.3 is 8.98 Å². The maximum absolute atomic E-state index is 6.79. The molecule has 0 atom stereocenters. The first-order chi connectivity index (χ1) is 22.8. The Bertz CT molecular complexity index is 2730. The van der Waals surface area contributed by atoms with Crippen molar-refractivity contribution in [2.24, 2.45) is 0 Å². The van der Waals surface area contributed by atoms with E-state index in [9.17, 15) is 0 Å². The predicted octanol–water partition coefficient (Wildman–Crippen LogP) is 12.3. The Balaban J connectivity index is 1.37. The zero-order valence-electron chi connectivity index (χ0n) is 24.9. The molecular formula is C44H27NO. The van der Waals surface area contributed by atoms with Crippen LogP contribution in [0.15, 0.2) is 168 Å². The number of para-hydroxylation sites is 1. The lowest BCUT2D eigenvalue weighted by Crippen LogP contribution is -1.96. The minimum Gasteiger partial charge on any atom is -0.455 e. The van der Waals surface area contributed by atoms with Crippen LogP contribution in [-0.4, -0.2) is 4.57 Å². The Morgan fingerprint density at radius 3 is 1.57 bits per heavy atom. The number of furan rings is 1. The monoisotopic (exact) mass is 585 g/mol. The molecule has 2 aromatic heterocycles. The molecule has 0 N–H and O–H groups in total. The molecule has 0 unspecified atom stereocenters. The van der Waals surface area contributed by atoms with Gasteiger partial charge in [-0.1, -0.05) is 127 Å². The lowest BCUT2D eigenvalue weighted by atomic mass is 9.95. The molecule has 0 bridgehead atoms. The van der Waals surface area contributed by atoms with Gasteiger partial charge in [0.2, 0.25) is 0 Å². The number of hydrogen-bond donors (Lipinski definition) is 0. The third-order valence-corrected chi connectivity index (χ3v) is 9.54. The first kappa shape index (κ1) is 25.2. The Morgan fingerprint density at radius 2 is 0.891 bits per heavy atom. The first-order valence-corrected chi connectivity index (χ1v) is 15.8. The highest BCUT2D eigenvalue weighted by Gasteiger charge is 2.22. The molecule has 10 aromatic rings. The molecule has 0 amide bonds. The van der Waals surface area contributed by atoms with Crippen LogP contribution in [0, 0.1) is 0 Å². The number of aromatic nitrogens is 1. The average molecular weight is 586 g/mol. The molecule has 0 fully saturated rings. The zero-order chi connectivity index (χ0) is 30.2. The lowest BCUT2D eigenvalue weighted by molar-refractivity contribution is 0.673. The molecule has 10 rings (SSSR count). The summed E-state index contributed by atoms with van der Waals surface area (Å²) in [4.78, 5) is 0. The van der Waals surface area contributed by atoms with E-state index in [1.807, 2.05) is 0 Å². The van der Waals surface area contributed by atoms with Crippen LogP contribution in [0.25, 0.3) is 93.2 Å². The van der Waals surface area contributed by atoms with Gasteiger partial charge in [-0.05, 0) is 74.8 Å². The van der Waals surface area contributed by atoms with Crippen LogP contribution in [0.5, 0.6) is 0 Å². The van der Waals surface area contributed by atoms with Crippen molar-refractivity contribution in [3.8, 4) is 27.9 Å². The second-order valence-electron chi connectivity index (χ2n) is 12.1. The third kappa shape index (κ3) is 3.59. The third-order valence-electron chi connectivity index (χ3n) is 9.54. The summed E-state index contributed by atoms with van der Waals surface area (Å²) in [5.74, 6) is 0. The van der Waals surface area contributed by atoms with Gasteiger partial charge in [0, 0.05) is 32.6 Å². The number of nitrogens with zero attached hydrogens (tertiary/aromatic N) is 1. The topological polar surface area (TPSA) is 18.1 Å². The summed E-state index contributed by atoms with van der Waals surface area (Å²) in [6.45, 7) is 0. The van der Waals surface area contributed by atoms with E-state index in [-0.39, 0.29) is 0 Å². The summed E-state index contributed by atoms with van der Waals surface area (Å²) in [7, 11) is 0. The summed E-state index contributed by atoms with van der Waals surface area (Å²) < 4.78 is 9.23.